The van der Waals surface area contributed by atoms with E-state index in [1.165, 1.54) is 0 Å². The van der Waals surface area contributed by atoms with Crippen LogP contribution in [-0.2, 0) is 25.0 Å². The second-order valence-electron chi connectivity index (χ2n) is 13.7. The molecule has 3 heterocycles. The molecular formula is C32H38F5N3O7. The summed E-state index contributed by atoms with van der Waals surface area (Å²) in [5.41, 5.74) is -1.96. The largest absolute Gasteiger partial charge is 0.573 e. The van der Waals surface area contributed by atoms with Crippen LogP contribution in [-0.4, -0.2) is 69.0 Å². The summed E-state index contributed by atoms with van der Waals surface area (Å²) in [4.78, 5) is 49.0. The summed E-state index contributed by atoms with van der Waals surface area (Å²) < 4.78 is 86.2. The minimum atomic E-state index is -5.02. The Morgan fingerprint density at radius 3 is 2.45 bits per heavy atom. The van der Waals surface area contributed by atoms with E-state index < -0.39 is 83.3 Å². The van der Waals surface area contributed by atoms with Crippen molar-refractivity contribution >= 4 is 28.9 Å². The molecule has 1 saturated carbocycles. The second-order valence-corrected chi connectivity index (χ2v) is 13.7. The minimum absolute atomic E-state index is 0.00348. The number of ether oxygens (including phenoxy) is 3. The van der Waals surface area contributed by atoms with E-state index >= 15 is 8.78 Å². The monoisotopic (exact) mass is 671 g/mol. The van der Waals surface area contributed by atoms with Gasteiger partial charge in [-0.2, -0.15) is 8.78 Å². The molecule has 0 unspecified atom stereocenters. The molecule has 1 amide bonds. The molecule has 2 aromatic rings. The maximum absolute atomic E-state index is 15.9. The van der Waals surface area contributed by atoms with Gasteiger partial charge in [0, 0.05) is 18.4 Å². The molecular weight excluding hydrogens is 633 g/mol. The Bertz CT molecular complexity index is 1530. The lowest BCUT2D eigenvalue weighted by atomic mass is 9.77. The van der Waals surface area contributed by atoms with Gasteiger partial charge in [-0.1, -0.05) is 34.1 Å². The van der Waals surface area contributed by atoms with Gasteiger partial charge in [-0.05, 0) is 49.1 Å². The van der Waals surface area contributed by atoms with E-state index in [2.05, 4.69) is 14.7 Å². The van der Waals surface area contributed by atoms with E-state index in [4.69, 9.17) is 9.47 Å². The number of amides is 1. The van der Waals surface area contributed by atoms with Crippen molar-refractivity contribution in [3.63, 3.8) is 0 Å². The fraction of sp³-hybridized carbons (Fsp3) is 0.656. The Morgan fingerprint density at radius 1 is 1.09 bits per heavy atom. The number of fused-ring (bicyclic) bond motifs is 5. The standard InChI is InChI=1S/C32H38F5N3O7/c1-5-18-23-15-40(25(18)29(43)44)28(42)19(30(2,3)4)14-24(41)45-22-12-16(22)8-6-7-11-31(33,34)26-27(46-23)39-21-13-17(47-32(35,36)37)9-10-20(21)38-26/h9-10,13,16,18-19,22-23,25H,5-8,11-12,14-15H2,1-4H3,(H,43,44)/t16-,18-,19-,22-,23+,25+/m1/s1. The lowest BCUT2D eigenvalue weighted by Gasteiger charge is -2.34. The van der Waals surface area contributed by atoms with Crippen LogP contribution in [0.1, 0.15) is 78.3 Å². The van der Waals surface area contributed by atoms with Crippen molar-refractivity contribution in [3.8, 4) is 11.6 Å². The molecule has 1 saturated heterocycles. The summed E-state index contributed by atoms with van der Waals surface area (Å²) in [5, 5.41) is 10.3. The molecule has 258 valence electrons. The first kappa shape index (κ1) is 34.6. The molecule has 0 radical (unpaired) electrons. The lowest BCUT2D eigenvalue weighted by molar-refractivity contribution is -0.274. The van der Waals surface area contributed by atoms with E-state index in [0.29, 0.717) is 19.3 Å². The van der Waals surface area contributed by atoms with Gasteiger partial charge >= 0.3 is 18.3 Å². The molecule has 1 aliphatic carbocycles. The molecule has 2 fully saturated rings. The van der Waals surface area contributed by atoms with Crippen LogP contribution in [0.25, 0.3) is 11.0 Å². The van der Waals surface area contributed by atoms with Gasteiger partial charge in [0.05, 0.1) is 29.9 Å². The molecule has 1 aromatic carbocycles. The van der Waals surface area contributed by atoms with Crippen molar-refractivity contribution in [1.29, 1.82) is 0 Å². The molecule has 0 spiro atoms. The van der Waals surface area contributed by atoms with E-state index in [1.807, 2.05) is 0 Å². The summed E-state index contributed by atoms with van der Waals surface area (Å²) in [6.07, 6.45) is -5.69. The minimum Gasteiger partial charge on any atom is -0.480 e. The fourth-order valence-electron chi connectivity index (χ4n) is 6.60. The number of hydrogen-bond donors (Lipinski definition) is 1. The zero-order chi connectivity index (χ0) is 34.5. The first-order valence-electron chi connectivity index (χ1n) is 15.7. The number of carboxylic acid groups (broad SMARTS) is 1. The Hall–Kier alpha value is -3.78. The van der Waals surface area contributed by atoms with E-state index in [1.54, 1.807) is 27.7 Å². The number of hydrogen-bond acceptors (Lipinski definition) is 8. The number of rotatable bonds is 3. The summed E-state index contributed by atoms with van der Waals surface area (Å²) in [6, 6.07) is 1.49. The van der Waals surface area contributed by atoms with Gasteiger partial charge in [0.15, 0.2) is 5.69 Å². The average molecular weight is 672 g/mol. The molecule has 5 rings (SSSR count). The van der Waals surface area contributed by atoms with Crippen molar-refractivity contribution in [1.82, 2.24) is 14.9 Å². The third-order valence-electron chi connectivity index (χ3n) is 9.22. The molecule has 2 aliphatic heterocycles. The molecule has 3 aliphatic rings. The van der Waals surface area contributed by atoms with Gasteiger partial charge < -0.3 is 24.2 Å². The zero-order valence-corrected chi connectivity index (χ0v) is 26.5. The lowest BCUT2D eigenvalue weighted by Crippen LogP contribution is -2.48. The van der Waals surface area contributed by atoms with Crippen LogP contribution in [0.15, 0.2) is 18.2 Å². The average Bonchev–Trinajstić information content (AvgIpc) is 3.58. The van der Waals surface area contributed by atoms with Gasteiger partial charge in [-0.15, -0.1) is 13.2 Å². The Morgan fingerprint density at radius 2 is 1.81 bits per heavy atom. The van der Waals surface area contributed by atoms with E-state index in [0.717, 1.165) is 23.1 Å². The second kappa shape index (κ2) is 12.7. The molecule has 47 heavy (non-hydrogen) atoms. The van der Waals surface area contributed by atoms with Crippen LogP contribution in [0.3, 0.4) is 0 Å². The molecule has 1 aromatic heterocycles. The van der Waals surface area contributed by atoms with Crippen molar-refractivity contribution in [2.75, 3.05) is 6.54 Å². The third kappa shape index (κ3) is 7.69. The van der Waals surface area contributed by atoms with Gasteiger partial charge in [-0.3, -0.25) is 9.59 Å². The Labute approximate surface area is 268 Å². The summed E-state index contributed by atoms with van der Waals surface area (Å²) in [7, 11) is 0. The smallest absolute Gasteiger partial charge is 0.480 e. The Balaban J connectivity index is 1.59. The van der Waals surface area contributed by atoms with Crippen LogP contribution in [0, 0.1) is 23.2 Å². The van der Waals surface area contributed by atoms with Crippen molar-refractivity contribution in [3.05, 3.63) is 23.9 Å². The van der Waals surface area contributed by atoms with E-state index in [-0.39, 0.29) is 48.9 Å². The number of carboxylic acids is 1. The third-order valence-corrected chi connectivity index (χ3v) is 9.22. The molecule has 2 bridgehead atoms. The summed E-state index contributed by atoms with van der Waals surface area (Å²) >= 11 is 0. The van der Waals surface area contributed by atoms with Crippen molar-refractivity contribution in [2.24, 2.45) is 23.2 Å². The predicted octanol–water partition coefficient (Wildman–Crippen LogP) is 6.25. The van der Waals surface area contributed by atoms with Gasteiger partial charge in [-0.25, -0.2) is 14.8 Å². The number of benzene rings is 1. The zero-order valence-electron chi connectivity index (χ0n) is 26.5. The highest BCUT2D eigenvalue weighted by Crippen LogP contribution is 2.44. The number of nitrogens with zero attached hydrogens (tertiary/aromatic N) is 3. The number of alkyl halides is 5. The molecule has 1 N–H and O–H groups in total. The molecule has 6 atom stereocenters. The van der Waals surface area contributed by atoms with Gasteiger partial charge in [0.2, 0.25) is 11.8 Å². The number of halogens is 5. The number of aliphatic carboxylic acids is 1. The Kier molecular flexibility index (Phi) is 9.32. The van der Waals surface area contributed by atoms with Crippen LogP contribution < -0.4 is 9.47 Å². The summed E-state index contributed by atoms with van der Waals surface area (Å²) in [6.45, 7) is 6.58. The molecule has 15 heteroatoms. The normalized spacial score (nSPS) is 28.7. The highest BCUT2D eigenvalue weighted by atomic mass is 19.4. The van der Waals surface area contributed by atoms with Crippen molar-refractivity contribution in [2.45, 2.75) is 103 Å². The summed E-state index contributed by atoms with van der Waals surface area (Å²) in [5.74, 6) is -9.31. The maximum Gasteiger partial charge on any atom is 0.573 e. The van der Waals surface area contributed by atoms with Crippen LogP contribution in [0.5, 0.6) is 11.6 Å². The topological polar surface area (TPSA) is 128 Å². The highest BCUT2D eigenvalue weighted by molar-refractivity contribution is 5.89. The number of carbonyl (C=O) groups is 3. The molecule has 10 nitrogen and oxygen atoms in total. The predicted molar refractivity (Wildman–Crippen MR) is 155 cm³/mol. The van der Waals surface area contributed by atoms with Crippen LogP contribution >= 0.6 is 0 Å². The SMILES string of the molecule is CC[C@@H]1[C@@H]2CN(C(=O)[C@H](C(C)(C)C)CC(=O)O[C@@H]3C[C@H]3CCCCC(F)(F)c3nc4ccc(OC(F)(F)F)cc4nc3O2)[C@@H]1C(=O)O. The van der Waals surface area contributed by atoms with Crippen LogP contribution in [0.4, 0.5) is 22.0 Å². The number of carbonyl (C=O) groups excluding carboxylic acids is 2. The first-order valence-corrected chi connectivity index (χ1v) is 15.7. The first-order chi connectivity index (χ1) is 21.9. The van der Waals surface area contributed by atoms with Crippen LogP contribution in [0.2, 0.25) is 0 Å². The van der Waals surface area contributed by atoms with Crippen molar-refractivity contribution < 1.29 is 55.7 Å². The highest BCUT2D eigenvalue weighted by Gasteiger charge is 2.52. The number of esters is 1. The van der Waals surface area contributed by atoms with E-state index in [9.17, 15) is 32.7 Å². The fourth-order valence-corrected chi connectivity index (χ4v) is 6.60. The van der Waals surface area contributed by atoms with Gasteiger partial charge in [0.25, 0.3) is 5.92 Å². The number of aromatic nitrogens is 2. The quantitative estimate of drug-likeness (QED) is 0.298. The van der Waals surface area contributed by atoms with Gasteiger partial charge in [0.1, 0.15) is 24.0 Å². The maximum atomic E-state index is 15.9.